The van der Waals surface area contributed by atoms with Gasteiger partial charge >= 0.3 is 6.18 Å². The number of nitrogens with one attached hydrogen (secondary N) is 1. The van der Waals surface area contributed by atoms with Gasteiger partial charge in [-0.1, -0.05) is 6.92 Å². The summed E-state index contributed by atoms with van der Waals surface area (Å²) >= 11 is 0. The van der Waals surface area contributed by atoms with E-state index in [0.717, 1.165) is 6.54 Å². The lowest BCUT2D eigenvalue weighted by atomic mass is 10.2. The van der Waals surface area contributed by atoms with Crippen LogP contribution in [-0.4, -0.2) is 19.3 Å². The first-order valence-electron chi connectivity index (χ1n) is 5.35. The second-order valence-electron chi connectivity index (χ2n) is 3.68. The monoisotopic (exact) mass is 251 g/mol. The molecule has 1 N–H and O–H groups in total. The van der Waals surface area contributed by atoms with Crippen molar-refractivity contribution in [2.24, 2.45) is 0 Å². The van der Waals surface area contributed by atoms with Gasteiger partial charge in [-0.3, -0.25) is 0 Å². The summed E-state index contributed by atoms with van der Waals surface area (Å²) in [5.41, 5.74) is 0.655. The van der Waals surface area contributed by atoms with Crippen LogP contribution in [0.5, 0.6) is 0 Å². The van der Waals surface area contributed by atoms with Crippen molar-refractivity contribution in [1.29, 1.82) is 0 Å². The number of ether oxygens (including phenoxy) is 1. The van der Waals surface area contributed by atoms with Gasteiger partial charge < -0.3 is 14.5 Å². The van der Waals surface area contributed by atoms with E-state index in [4.69, 9.17) is 4.42 Å². The van der Waals surface area contributed by atoms with Gasteiger partial charge in [0.05, 0.1) is 13.2 Å². The molecule has 0 saturated carbocycles. The standard InChI is InChI=1S/C11H16F3NO2/c1-3-15-5-10-4-9(8(2)17-10)6-16-7-11(12,13)14/h4,15H,3,5-7H2,1-2H3. The van der Waals surface area contributed by atoms with E-state index in [1.807, 2.05) is 6.92 Å². The van der Waals surface area contributed by atoms with Crippen molar-refractivity contribution in [1.82, 2.24) is 5.32 Å². The predicted octanol–water partition coefficient (Wildman–Crippen LogP) is 2.78. The van der Waals surface area contributed by atoms with E-state index < -0.39 is 12.8 Å². The Kier molecular flexibility index (Phi) is 5.02. The van der Waals surface area contributed by atoms with Crippen LogP contribution in [0.1, 0.15) is 24.0 Å². The molecule has 0 aliphatic rings. The first-order valence-corrected chi connectivity index (χ1v) is 5.35. The summed E-state index contributed by atoms with van der Waals surface area (Å²) in [6.07, 6.45) is -4.29. The fourth-order valence-corrected chi connectivity index (χ4v) is 1.34. The summed E-state index contributed by atoms with van der Waals surface area (Å²) < 4.78 is 45.6. The van der Waals surface area contributed by atoms with E-state index >= 15 is 0 Å². The minimum absolute atomic E-state index is 0.0824. The smallest absolute Gasteiger partial charge is 0.411 e. The molecule has 0 unspecified atom stereocenters. The molecule has 6 heteroatoms. The Hall–Kier alpha value is -1.01. The third-order valence-corrected chi connectivity index (χ3v) is 2.14. The highest BCUT2D eigenvalue weighted by Crippen LogP contribution is 2.19. The number of furan rings is 1. The van der Waals surface area contributed by atoms with Crippen LogP contribution in [0.25, 0.3) is 0 Å². The van der Waals surface area contributed by atoms with Gasteiger partial charge in [0.15, 0.2) is 0 Å². The Balaban J connectivity index is 2.45. The first kappa shape index (κ1) is 14.1. The second-order valence-corrected chi connectivity index (χ2v) is 3.68. The molecule has 0 bridgehead atoms. The average molecular weight is 251 g/mol. The van der Waals surface area contributed by atoms with E-state index in [2.05, 4.69) is 10.1 Å². The number of halogens is 3. The van der Waals surface area contributed by atoms with Gasteiger partial charge in [0, 0.05) is 5.56 Å². The molecule has 0 atom stereocenters. The second kappa shape index (κ2) is 6.07. The number of rotatable bonds is 6. The van der Waals surface area contributed by atoms with Crippen molar-refractivity contribution in [3.05, 3.63) is 23.2 Å². The quantitative estimate of drug-likeness (QED) is 0.844. The molecule has 0 amide bonds. The lowest BCUT2D eigenvalue weighted by Crippen LogP contribution is -2.16. The molecular formula is C11H16F3NO2. The first-order chi connectivity index (χ1) is 7.92. The number of hydrogen-bond acceptors (Lipinski definition) is 3. The van der Waals surface area contributed by atoms with Crippen LogP contribution in [0, 0.1) is 6.92 Å². The number of aryl methyl sites for hydroxylation is 1. The highest BCUT2D eigenvalue weighted by molar-refractivity contribution is 5.19. The van der Waals surface area contributed by atoms with Crippen molar-refractivity contribution >= 4 is 0 Å². The van der Waals surface area contributed by atoms with Crippen LogP contribution >= 0.6 is 0 Å². The Morgan fingerprint density at radius 2 is 2.12 bits per heavy atom. The lowest BCUT2D eigenvalue weighted by molar-refractivity contribution is -0.176. The fourth-order valence-electron chi connectivity index (χ4n) is 1.34. The molecule has 0 aliphatic heterocycles. The molecule has 1 rings (SSSR count). The van der Waals surface area contributed by atoms with E-state index in [1.54, 1.807) is 13.0 Å². The van der Waals surface area contributed by atoms with Crippen molar-refractivity contribution in [3.63, 3.8) is 0 Å². The van der Waals surface area contributed by atoms with E-state index in [1.165, 1.54) is 0 Å². The van der Waals surface area contributed by atoms with Crippen LogP contribution in [0.15, 0.2) is 10.5 Å². The zero-order valence-corrected chi connectivity index (χ0v) is 9.86. The summed E-state index contributed by atoms with van der Waals surface area (Å²) in [5, 5.41) is 3.07. The Bertz CT molecular complexity index is 347. The van der Waals surface area contributed by atoms with Gasteiger partial charge in [0.1, 0.15) is 18.1 Å². The Morgan fingerprint density at radius 1 is 1.41 bits per heavy atom. The van der Waals surface area contributed by atoms with Crippen LogP contribution < -0.4 is 5.32 Å². The molecule has 1 heterocycles. The van der Waals surface area contributed by atoms with Crippen molar-refractivity contribution in [3.8, 4) is 0 Å². The lowest BCUT2D eigenvalue weighted by Gasteiger charge is -2.06. The summed E-state index contributed by atoms with van der Waals surface area (Å²) in [4.78, 5) is 0. The largest absolute Gasteiger partial charge is 0.465 e. The predicted molar refractivity (Wildman–Crippen MR) is 56.5 cm³/mol. The van der Waals surface area contributed by atoms with Gasteiger partial charge in [-0.05, 0) is 19.5 Å². The Morgan fingerprint density at radius 3 is 2.71 bits per heavy atom. The molecular weight excluding hydrogens is 235 g/mol. The van der Waals surface area contributed by atoms with Gasteiger partial charge in [0.25, 0.3) is 0 Å². The normalized spacial score (nSPS) is 12.1. The van der Waals surface area contributed by atoms with E-state index in [-0.39, 0.29) is 6.61 Å². The Labute approximate surface area is 97.9 Å². The molecule has 98 valence electrons. The maximum atomic E-state index is 11.9. The third-order valence-electron chi connectivity index (χ3n) is 2.14. The van der Waals surface area contributed by atoms with Crippen molar-refractivity contribution in [2.75, 3.05) is 13.2 Å². The third kappa shape index (κ3) is 5.23. The molecule has 0 aromatic carbocycles. The van der Waals surface area contributed by atoms with Crippen LogP contribution in [0.4, 0.5) is 13.2 Å². The molecule has 1 aromatic rings. The maximum Gasteiger partial charge on any atom is 0.411 e. The highest BCUT2D eigenvalue weighted by Gasteiger charge is 2.27. The van der Waals surface area contributed by atoms with Crippen LogP contribution in [0.2, 0.25) is 0 Å². The SMILES string of the molecule is CCNCc1cc(COCC(F)(F)F)c(C)o1. The van der Waals surface area contributed by atoms with E-state index in [0.29, 0.717) is 23.6 Å². The van der Waals surface area contributed by atoms with Crippen molar-refractivity contribution < 1.29 is 22.3 Å². The molecule has 17 heavy (non-hydrogen) atoms. The maximum absolute atomic E-state index is 11.9. The molecule has 0 fully saturated rings. The minimum atomic E-state index is -4.29. The number of hydrogen-bond donors (Lipinski definition) is 1. The zero-order chi connectivity index (χ0) is 12.9. The van der Waals surface area contributed by atoms with Gasteiger partial charge in [-0.25, -0.2) is 0 Å². The van der Waals surface area contributed by atoms with E-state index in [9.17, 15) is 13.2 Å². The molecule has 0 aliphatic carbocycles. The summed E-state index contributed by atoms with van der Waals surface area (Å²) in [7, 11) is 0. The zero-order valence-electron chi connectivity index (χ0n) is 9.86. The molecule has 0 saturated heterocycles. The summed E-state index contributed by atoms with van der Waals surface area (Å²) in [6, 6.07) is 1.72. The summed E-state index contributed by atoms with van der Waals surface area (Å²) in [6.45, 7) is 3.72. The van der Waals surface area contributed by atoms with Crippen LogP contribution in [-0.2, 0) is 17.9 Å². The highest BCUT2D eigenvalue weighted by atomic mass is 19.4. The number of alkyl halides is 3. The fraction of sp³-hybridized carbons (Fsp3) is 0.636. The van der Waals surface area contributed by atoms with Gasteiger partial charge in [-0.15, -0.1) is 0 Å². The van der Waals surface area contributed by atoms with Gasteiger partial charge in [-0.2, -0.15) is 13.2 Å². The topological polar surface area (TPSA) is 34.4 Å². The van der Waals surface area contributed by atoms with Gasteiger partial charge in [0.2, 0.25) is 0 Å². The van der Waals surface area contributed by atoms with Crippen molar-refractivity contribution in [2.45, 2.75) is 33.2 Å². The summed E-state index contributed by atoms with van der Waals surface area (Å²) in [5.74, 6) is 1.30. The minimum Gasteiger partial charge on any atom is -0.465 e. The average Bonchev–Trinajstić information content (AvgIpc) is 2.55. The molecule has 1 aromatic heterocycles. The van der Waals surface area contributed by atoms with Crippen LogP contribution in [0.3, 0.4) is 0 Å². The molecule has 0 radical (unpaired) electrons. The molecule has 3 nitrogen and oxygen atoms in total. The molecule has 0 spiro atoms.